The second-order valence-electron chi connectivity index (χ2n) is 3.35. The number of aryl methyl sites for hydroxylation is 1. The van der Waals surface area contributed by atoms with Gasteiger partial charge in [-0.25, -0.2) is 4.98 Å². The summed E-state index contributed by atoms with van der Waals surface area (Å²) in [4.78, 5) is 4.22. The Labute approximate surface area is 92.1 Å². The number of ether oxygens (including phenoxy) is 1. The zero-order valence-electron chi connectivity index (χ0n) is 8.16. The number of thiazole rings is 1. The van der Waals surface area contributed by atoms with Gasteiger partial charge in [-0.05, 0) is 19.8 Å². The highest BCUT2D eigenvalue weighted by Gasteiger charge is 2.17. The first-order valence-electron chi connectivity index (χ1n) is 4.73. The molecule has 0 amide bonds. The van der Waals surface area contributed by atoms with Gasteiger partial charge in [-0.2, -0.15) is 0 Å². The highest BCUT2D eigenvalue weighted by Crippen LogP contribution is 2.36. The minimum atomic E-state index is 0.678. The molecule has 0 bridgehead atoms. The van der Waals surface area contributed by atoms with Gasteiger partial charge in [-0.15, -0.1) is 11.8 Å². The summed E-state index contributed by atoms with van der Waals surface area (Å²) in [7, 11) is 0. The molecule has 0 saturated carbocycles. The van der Waals surface area contributed by atoms with Crippen molar-refractivity contribution in [2.24, 2.45) is 0 Å². The van der Waals surface area contributed by atoms with Crippen LogP contribution in [-0.2, 0) is 4.74 Å². The molecule has 0 spiro atoms. The number of nitrogens with zero attached hydrogens (tertiary/aromatic N) is 1. The van der Waals surface area contributed by atoms with E-state index in [2.05, 4.69) is 4.98 Å². The smallest absolute Gasteiger partial charge is 0.181 e. The van der Waals surface area contributed by atoms with E-state index in [1.807, 2.05) is 18.7 Å². The van der Waals surface area contributed by atoms with E-state index in [1.54, 1.807) is 11.3 Å². The molecule has 0 unspecified atom stereocenters. The SMILES string of the molecule is Cc1nc(N)sc1SC1CCOCC1. The summed E-state index contributed by atoms with van der Waals surface area (Å²) in [6.45, 7) is 3.81. The summed E-state index contributed by atoms with van der Waals surface area (Å²) < 4.78 is 6.60. The van der Waals surface area contributed by atoms with Crippen LogP contribution in [0.1, 0.15) is 18.5 Å². The molecular formula is C9H14N2OS2. The predicted octanol–water partition coefficient (Wildman–Crippen LogP) is 2.30. The van der Waals surface area contributed by atoms with Crippen molar-refractivity contribution in [3.63, 3.8) is 0 Å². The van der Waals surface area contributed by atoms with Gasteiger partial charge in [-0.1, -0.05) is 11.3 Å². The van der Waals surface area contributed by atoms with Crippen LogP contribution in [0.2, 0.25) is 0 Å². The number of thioether (sulfide) groups is 1. The van der Waals surface area contributed by atoms with E-state index in [9.17, 15) is 0 Å². The molecule has 0 radical (unpaired) electrons. The molecule has 0 atom stereocenters. The number of aromatic nitrogens is 1. The van der Waals surface area contributed by atoms with Crippen molar-refractivity contribution in [1.29, 1.82) is 0 Å². The van der Waals surface area contributed by atoms with Gasteiger partial charge in [-0.3, -0.25) is 0 Å². The average molecular weight is 230 g/mol. The van der Waals surface area contributed by atoms with Crippen molar-refractivity contribution in [1.82, 2.24) is 4.98 Å². The summed E-state index contributed by atoms with van der Waals surface area (Å²) in [5, 5.41) is 1.36. The van der Waals surface area contributed by atoms with E-state index < -0.39 is 0 Å². The van der Waals surface area contributed by atoms with E-state index in [0.29, 0.717) is 10.4 Å². The third-order valence-corrected chi connectivity index (χ3v) is 4.85. The van der Waals surface area contributed by atoms with Crippen LogP contribution in [0.15, 0.2) is 4.21 Å². The Morgan fingerprint density at radius 2 is 2.21 bits per heavy atom. The molecule has 1 aliphatic heterocycles. The number of rotatable bonds is 2. The molecule has 1 fully saturated rings. The second-order valence-corrected chi connectivity index (χ2v) is 5.95. The molecular weight excluding hydrogens is 216 g/mol. The Bertz CT molecular complexity index is 308. The summed E-state index contributed by atoms with van der Waals surface area (Å²) in [6, 6.07) is 0. The highest BCUT2D eigenvalue weighted by atomic mass is 32.2. The lowest BCUT2D eigenvalue weighted by Crippen LogP contribution is -2.17. The molecule has 2 N–H and O–H groups in total. The molecule has 14 heavy (non-hydrogen) atoms. The third kappa shape index (κ3) is 2.40. The first-order chi connectivity index (χ1) is 6.75. The molecule has 2 heterocycles. The van der Waals surface area contributed by atoms with Gasteiger partial charge in [0.05, 0.1) is 9.90 Å². The van der Waals surface area contributed by atoms with Crippen LogP contribution in [0.5, 0.6) is 0 Å². The van der Waals surface area contributed by atoms with E-state index in [-0.39, 0.29) is 0 Å². The fourth-order valence-corrected chi connectivity index (χ4v) is 3.83. The number of nitrogens with two attached hydrogens (primary N) is 1. The number of anilines is 1. The lowest BCUT2D eigenvalue weighted by atomic mass is 10.2. The number of hydrogen-bond acceptors (Lipinski definition) is 5. The lowest BCUT2D eigenvalue weighted by Gasteiger charge is -2.20. The van der Waals surface area contributed by atoms with Crippen molar-refractivity contribution in [2.75, 3.05) is 18.9 Å². The Morgan fingerprint density at radius 1 is 1.50 bits per heavy atom. The van der Waals surface area contributed by atoms with Gasteiger partial charge in [0.15, 0.2) is 5.13 Å². The summed E-state index contributed by atoms with van der Waals surface area (Å²) >= 11 is 3.50. The molecule has 1 saturated heterocycles. The largest absolute Gasteiger partial charge is 0.381 e. The first-order valence-corrected chi connectivity index (χ1v) is 6.42. The van der Waals surface area contributed by atoms with Crippen molar-refractivity contribution in [3.8, 4) is 0 Å². The van der Waals surface area contributed by atoms with E-state index in [1.165, 1.54) is 4.21 Å². The molecule has 2 rings (SSSR count). The van der Waals surface area contributed by atoms with Gasteiger partial charge in [0.2, 0.25) is 0 Å². The second kappa shape index (κ2) is 4.51. The fourth-order valence-electron chi connectivity index (χ4n) is 1.46. The maximum Gasteiger partial charge on any atom is 0.181 e. The van der Waals surface area contributed by atoms with Crippen LogP contribution < -0.4 is 5.73 Å². The number of nitrogen functional groups attached to an aromatic ring is 1. The van der Waals surface area contributed by atoms with E-state index in [0.717, 1.165) is 31.7 Å². The van der Waals surface area contributed by atoms with Gasteiger partial charge in [0.1, 0.15) is 0 Å². The van der Waals surface area contributed by atoms with Crippen LogP contribution in [0.25, 0.3) is 0 Å². The van der Waals surface area contributed by atoms with Crippen LogP contribution in [-0.4, -0.2) is 23.4 Å². The standard InChI is InChI=1S/C9H14N2OS2/c1-6-8(14-9(10)11-6)13-7-2-4-12-5-3-7/h7H,2-5H2,1H3,(H2,10,11). The lowest BCUT2D eigenvalue weighted by molar-refractivity contribution is 0.100. The van der Waals surface area contributed by atoms with Crippen molar-refractivity contribution in [2.45, 2.75) is 29.2 Å². The van der Waals surface area contributed by atoms with E-state index >= 15 is 0 Å². The predicted molar refractivity (Wildman–Crippen MR) is 61.0 cm³/mol. The topological polar surface area (TPSA) is 48.1 Å². The Kier molecular flexibility index (Phi) is 3.30. The van der Waals surface area contributed by atoms with Crippen LogP contribution >= 0.6 is 23.1 Å². The minimum absolute atomic E-state index is 0.678. The zero-order valence-corrected chi connectivity index (χ0v) is 9.79. The minimum Gasteiger partial charge on any atom is -0.381 e. The van der Waals surface area contributed by atoms with E-state index in [4.69, 9.17) is 10.5 Å². The molecule has 1 aromatic heterocycles. The zero-order chi connectivity index (χ0) is 9.97. The maximum absolute atomic E-state index is 5.65. The molecule has 1 aromatic rings. The third-order valence-electron chi connectivity index (χ3n) is 2.21. The molecule has 0 aliphatic carbocycles. The van der Waals surface area contributed by atoms with Gasteiger partial charge in [0.25, 0.3) is 0 Å². The Morgan fingerprint density at radius 3 is 2.79 bits per heavy atom. The average Bonchev–Trinajstić information content (AvgIpc) is 2.47. The normalized spacial score (nSPS) is 18.6. The van der Waals surface area contributed by atoms with Crippen LogP contribution in [0.3, 0.4) is 0 Å². The Hall–Kier alpha value is -0.260. The van der Waals surface area contributed by atoms with Gasteiger partial charge < -0.3 is 10.5 Å². The van der Waals surface area contributed by atoms with Crippen molar-refractivity contribution >= 4 is 28.2 Å². The molecule has 1 aliphatic rings. The van der Waals surface area contributed by atoms with Gasteiger partial charge >= 0.3 is 0 Å². The van der Waals surface area contributed by atoms with Crippen molar-refractivity contribution in [3.05, 3.63) is 5.69 Å². The highest BCUT2D eigenvalue weighted by molar-refractivity contribution is 8.01. The maximum atomic E-state index is 5.65. The quantitative estimate of drug-likeness (QED) is 0.847. The van der Waals surface area contributed by atoms with Crippen LogP contribution in [0.4, 0.5) is 5.13 Å². The fraction of sp³-hybridized carbons (Fsp3) is 0.667. The molecule has 5 heteroatoms. The molecule has 3 nitrogen and oxygen atoms in total. The Balaban J connectivity index is 1.98. The first kappa shape index (κ1) is 10.3. The summed E-state index contributed by atoms with van der Waals surface area (Å²) in [5.41, 5.74) is 6.73. The summed E-state index contributed by atoms with van der Waals surface area (Å²) in [6.07, 6.45) is 2.28. The summed E-state index contributed by atoms with van der Waals surface area (Å²) in [5.74, 6) is 0. The monoisotopic (exact) mass is 230 g/mol. The van der Waals surface area contributed by atoms with Crippen LogP contribution in [0, 0.1) is 6.92 Å². The number of hydrogen-bond donors (Lipinski definition) is 1. The van der Waals surface area contributed by atoms with Crippen molar-refractivity contribution < 1.29 is 4.74 Å². The molecule has 0 aromatic carbocycles. The molecule has 78 valence electrons. The van der Waals surface area contributed by atoms with Gasteiger partial charge in [0, 0.05) is 18.5 Å².